The van der Waals surface area contributed by atoms with Crippen LogP contribution in [0.5, 0.6) is 5.75 Å². The Balaban J connectivity index is 1.68. The number of rotatable bonds is 6. The molecule has 0 saturated carbocycles. The Labute approximate surface area is 300 Å². The van der Waals surface area contributed by atoms with Gasteiger partial charge in [0.1, 0.15) is 28.3 Å². The van der Waals surface area contributed by atoms with Gasteiger partial charge in [-0.2, -0.15) is 0 Å². The Kier molecular flexibility index (Phi) is 10.0. The van der Waals surface area contributed by atoms with E-state index >= 15 is 4.79 Å². The third kappa shape index (κ3) is 7.24. The molecule has 3 heterocycles. The second-order valence-electron chi connectivity index (χ2n) is 15.0. The number of aliphatic imine (C=N–C) groups is 1. The van der Waals surface area contributed by atoms with Crippen LogP contribution in [0.1, 0.15) is 91.1 Å². The quantitative estimate of drug-likeness (QED) is 0.277. The first-order valence-electron chi connectivity index (χ1n) is 16.7. The van der Waals surface area contributed by atoms with Gasteiger partial charge in [-0.3, -0.25) is 14.9 Å². The van der Waals surface area contributed by atoms with Crippen molar-refractivity contribution < 1.29 is 19.1 Å². The number of halogens is 2. The third-order valence-corrected chi connectivity index (χ3v) is 9.80. The van der Waals surface area contributed by atoms with Gasteiger partial charge in [-0.05, 0) is 83.4 Å². The number of aromatic nitrogens is 1. The molecule has 0 unspecified atom stereocenters. The van der Waals surface area contributed by atoms with Gasteiger partial charge >= 0.3 is 12.1 Å². The van der Waals surface area contributed by atoms with Crippen molar-refractivity contribution in [3.05, 3.63) is 93.2 Å². The summed E-state index contributed by atoms with van der Waals surface area (Å²) in [6.07, 6.45) is 1.82. The van der Waals surface area contributed by atoms with E-state index in [1.165, 1.54) is 0 Å². The average molecular weight is 709 g/mol. The summed E-state index contributed by atoms with van der Waals surface area (Å²) in [6, 6.07) is 16.5. The van der Waals surface area contributed by atoms with Crippen molar-refractivity contribution in [2.24, 2.45) is 4.99 Å². The van der Waals surface area contributed by atoms with E-state index in [1.807, 2.05) is 96.1 Å². The van der Waals surface area contributed by atoms with Crippen LogP contribution in [0.2, 0.25) is 10.0 Å². The molecule has 49 heavy (non-hydrogen) atoms. The van der Waals surface area contributed by atoms with E-state index in [4.69, 9.17) is 42.7 Å². The van der Waals surface area contributed by atoms with Gasteiger partial charge in [0.2, 0.25) is 0 Å². The van der Waals surface area contributed by atoms with Crippen molar-refractivity contribution in [2.75, 3.05) is 19.7 Å². The van der Waals surface area contributed by atoms with Crippen LogP contribution in [0.15, 0.2) is 65.8 Å². The lowest BCUT2D eigenvalue weighted by Gasteiger charge is -2.46. The fraction of sp³-hybridized carbons (Fsp3) is 0.474. The number of pyridine rings is 1. The van der Waals surface area contributed by atoms with Gasteiger partial charge in [0, 0.05) is 46.5 Å². The van der Waals surface area contributed by atoms with E-state index in [2.05, 4.69) is 26.1 Å². The second-order valence-corrected chi connectivity index (χ2v) is 15.9. The van der Waals surface area contributed by atoms with Crippen LogP contribution in [0.4, 0.5) is 9.59 Å². The number of amidine groups is 1. The number of nitrogens with one attached hydrogen (secondary N) is 1. The van der Waals surface area contributed by atoms with Crippen LogP contribution in [0.3, 0.4) is 0 Å². The number of carbonyl (C=O) groups excluding carboxylic acids is 2. The number of amides is 3. The highest BCUT2D eigenvalue weighted by Gasteiger charge is 2.60. The summed E-state index contributed by atoms with van der Waals surface area (Å²) in [5, 5.41) is 4.12. The molecule has 262 valence electrons. The molecule has 0 aliphatic carbocycles. The molecule has 0 spiro atoms. The second kappa shape index (κ2) is 13.5. The van der Waals surface area contributed by atoms with Gasteiger partial charge in [-0.15, -0.1) is 0 Å². The van der Waals surface area contributed by atoms with Gasteiger partial charge in [0.15, 0.2) is 0 Å². The molecular formula is C38H47Cl2N5O4. The summed E-state index contributed by atoms with van der Waals surface area (Å²) in [7, 11) is 0. The molecule has 1 aromatic heterocycles. The van der Waals surface area contributed by atoms with Gasteiger partial charge in [-0.1, -0.05) is 68.2 Å². The van der Waals surface area contributed by atoms with Crippen LogP contribution in [0, 0.1) is 0 Å². The maximum atomic E-state index is 15.1. The summed E-state index contributed by atoms with van der Waals surface area (Å²) in [6.45, 7) is 18.9. The Morgan fingerprint density at radius 2 is 1.55 bits per heavy atom. The standard InChI is InChI=1S/C38H47Cl2N5O4/c1-10-48-30-21-31(35(2,3)4)41-22-29(30)32-43-37(8,24-11-15-26(39)16-12-24)38(9,25-13-17-27(40)18-14-25)45(32)34(47)44-20-19-28(23-44)42-33(46)49-36(5,6)7/h11-18,21-22,28H,10,19-20,23H2,1-9H3,(H,42,46)/t28-,37+,38+/m0/s1. The summed E-state index contributed by atoms with van der Waals surface area (Å²) in [4.78, 5) is 41.7. The molecule has 0 bridgehead atoms. The Morgan fingerprint density at radius 3 is 2.10 bits per heavy atom. The van der Waals surface area contributed by atoms with Crippen LogP contribution in [-0.4, -0.2) is 64.1 Å². The fourth-order valence-corrected chi connectivity index (χ4v) is 6.78. The lowest BCUT2D eigenvalue weighted by Crippen LogP contribution is -2.58. The molecule has 0 radical (unpaired) electrons. The summed E-state index contributed by atoms with van der Waals surface area (Å²) < 4.78 is 11.8. The summed E-state index contributed by atoms with van der Waals surface area (Å²) in [5.41, 5.74) is 0.207. The molecule has 1 fully saturated rings. The molecular weight excluding hydrogens is 661 g/mol. The minimum Gasteiger partial charge on any atom is -0.493 e. The van der Waals surface area contributed by atoms with E-state index in [0.717, 1.165) is 16.8 Å². The van der Waals surface area contributed by atoms with Gasteiger partial charge < -0.3 is 19.7 Å². The van der Waals surface area contributed by atoms with Gasteiger partial charge in [0.05, 0.1) is 18.2 Å². The van der Waals surface area contributed by atoms with E-state index in [0.29, 0.717) is 53.3 Å². The van der Waals surface area contributed by atoms with Crippen LogP contribution in [0.25, 0.3) is 0 Å². The first kappa shape index (κ1) is 36.5. The average Bonchev–Trinajstić information content (AvgIpc) is 3.57. The number of benzene rings is 2. The number of likely N-dealkylation sites (tertiary alicyclic amines) is 1. The lowest BCUT2D eigenvalue weighted by molar-refractivity contribution is 0.0504. The summed E-state index contributed by atoms with van der Waals surface area (Å²) >= 11 is 12.8. The zero-order valence-electron chi connectivity index (χ0n) is 29.9. The van der Waals surface area contributed by atoms with Crippen LogP contribution < -0.4 is 10.1 Å². The number of urea groups is 1. The SMILES string of the molecule is CCOc1cc(C(C)(C)C)ncc1C1=N[C@](C)(c2ccc(Cl)cc2)[C@@](C)(c2ccc(Cl)cc2)N1C(=O)N1CC[C@H](NC(=O)OC(C)(C)C)C1. The molecule has 2 aliphatic rings. The van der Waals surface area contributed by atoms with Crippen LogP contribution in [-0.2, 0) is 21.2 Å². The maximum Gasteiger partial charge on any atom is 0.407 e. The topological polar surface area (TPSA) is 96.4 Å². The minimum absolute atomic E-state index is 0.237. The molecule has 1 saturated heterocycles. The number of alkyl carbamates (subject to hydrolysis) is 1. The first-order chi connectivity index (χ1) is 22.9. The van der Waals surface area contributed by atoms with E-state index in [9.17, 15) is 4.79 Å². The molecule has 1 N–H and O–H groups in total. The molecule has 11 heteroatoms. The number of hydrogen-bond acceptors (Lipinski definition) is 6. The third-order valence-electron chi connectivity index (χ3n) is 9.30. The number of ether oxygens (including phenoxy) is 2. The van der Waals surface area contributed by atoms with E-state index in [1.54, 1.807) is 16.0 Å². The number of hydrogen-bond donors (Lipinski definition) is 1. The fourth-order valence-electron chi connectivity index (χ4n) is 6.52. The van der Waals surface area contributed by atoms with Gasteiger partial charge in [0.25, 0.3) is 0 Å². The van der Waals surface area contributed by atoms with Crippen molar-refractivity contribution in [1.29, 1.82) is 0 Å². The molecule has 9 nitrogen and oxygen atoms in total. The molecule has 5 rings (SSSR count). The molecule has 3 atom stereocenters. The van der Waals surface area contributed by atoms with E-state index in [-0.39, 0.29) is 17.5 Å². The number of carbonyl (C=O) groups is 2. The van der Waals surface area contributed by atoms with Crippen LogP contribution >= 0.6 is 23.2 Å². The highest BCUT2D eigenvalue weighted by molar-refractivity contribution is 6.30. The van der Waals surface area contributed by atoms with Crippen molar-refractivity contribution in [3.63, 3.8) is 0 Å². The zero-order chi connectivity index (χ0) is 35.9. The predicted molar refractivity (Wildman–Crippen MR) is 195 cm³/mol. The highest BCUT2D eigenvalue weighted by Crippen LogP contribution is 2.54. The molecule has 3 amide bonds. The van der Waals surface area contributed by atoms with E-state index < -0.39 is 22.8 Å². The van der Waals surface area contributed by atoms with Crippen molar-refractivity contribution in [1.82, 2.24) is 20.1 Å². The number of nitrogens with zero attached hydrogens (tertiary/aromatic N) is 4. The predicted octanol–water partition coefficient (Wildman–Crippen LogP) is 8.70. The van der Waals surface area contributed by atoms with Gasteiger partial charge in [-0.25, -0.2) is 9.59 Å². The Bertz CT molecular complexity index is 1730. The van der Waals surface area contributed by atoms with Crippen molar-refractivity contribution in [3.8, 4) is 5.75 Å². The lowest BCUT2D eigenvalue weighted by atomic mass is 9.71. The highest BCUT2D eigenvalue weighted by atomic mass is 35.5. The molecule has 3 aromatic rings. The monoisotopic (exact) mass is 707 g/mol. The Hall–Kier alpha value is -3.82. The summed E-state index contributed by atoms with van der Waals surface area (Å²) in [5.74, 6) is 1.02. The largest absolute Gasteiger partial charge is 0.493 e. The maximum absolute atomic E-state index is 15.1. The van der Waals surface area contributed by atoms with Crippen molar-refractivity contribution >= 4 is 41.2 Å². The molecule has 2 aliphatic heterocycles. The first-order valence-corrected chi connectivity index (χ1v) is 17.5. The van der Waals surface area contributed by atoms with Crippen molar-refractivity contribution in [2.45, 2.75) is 96.9 Å². The normalized spacial score (nSPS) is 22.6. The molecule has 2 aromatic carbocycles. The minimum atomic E-state index is -1.07. The zero-order valence-corrected chi connectivity index (χ0v) is 31.4. The Morgan fingerprint density at radius 1 is 0.959 bits per heavy atom. The smallest absolute Gasteiger partial charge is 0.407 e.